The molecule has 0 aromatic carbocycles. The Hall–Kier alpha value is -0.970. The van der Waals surface area contributed by atoms with Gasteiger partial charge in [0.1, 0.15) is 0 Å². The molecule has 1 atom stereocenters. The molecule has 1 aliphatic heterocycles. The van der Waals surface area contributed by atoms with Crippen LogP contribution in [0.1, 0.15) is 11.7 Å². The van der Waals surface area contributed by atoms with E-state index in [2.05, 4.69) is 15.2 Å². The maximum absolute atomic E-state index is 6.13. The van der Waals surface area contributed by atoms with Gasteiger partial charge in [-0.2, -0.15) is 0 Å². The molecular weight excluding hydrogens is 176 g/mol. The second-order valence-electron chi connectivity index (χ2n) is 3.52. The van der Waals surface area contributed by atoms with Gasteiger partial charge in [-0.05, 0) is 6.07 Å². The van der Waals surface area contributed by atoms with E-state index in [4.69, 9.17) is 5.73 Å². The number of piperazine rings is 1. The Morgan fingerprint density at radius 1 is 1.43 bits per heavy atom. The second-order valence-corrected chi connectivity index (χ2v) is 3.52. The van der Waals surface area contributed by atoms with Crippen LogP contribution in [-0.4, -0.2) is 36.1 Å². The fourth-order valence-electron chi connectivity index (χ4n) is 1.72. The third kappa shape index (κ3) is 2.09. The number of rotatable bonds is 2. The maximum atomic E-state index is 6.13. The van der Waals surface area contributed by atoms with Crippen molar-refractivity contribution in [1.82, 2.24) is 15.2 Å². The van der Waals surface area contributed by atoms with Crippen LogP contribution in [0.3, 0.4) is 0 Å². The van der Waals surface area contributed by atoms with E-state index in [9.17, 15) is 0 Å². The number of nitrogens with two attached hydrogens (primary N) is 1. The Morgan fingerprint density at radius 2 is 2.21 bits per heavy atom. The monoisotopic (exact) mass is 192 g/mol. The Kier molecular flexibility index (Phi) is 3.08. The SMILES string of the molecule is NC(c1cccnc1)N1CCNCC1. The van der Waals surface area contributed by atoms with Crippen LogP contribution in [0.2, 0.25) is 0 Å². The van der Waals surface area contributed by atoms with Crippen molar-refractivity contribution in [2.75, 3.05) is 26.2 Å². The van der Waals surface area contributed by atoms with Crippen LogP contribution in [0, 0.1) is 0 Å². The summed E-state index contributed by atoms with van der Waals surface area (Å²) in [5.41, 5.74) is 7.22. The van der Waals surface area contributed by atoms with Crippen molar-refractivity contribution in [1.29, 1.82) is 0 Å². The van der Waals surface area contributed by atoms with Crippen LogP contribution < -0.4 is 11.1 Å². The van der Waals surface area contributed by atoms with Crippen molar-refractivity contribution in [3.05, 3.63) is 30.1 Å². The third-order valence-electron chi connectivity index (χ3n) is 2.57. The zero-order valence-corrected chi connectivity index (χ0v) is 8.19. The second kappa shape index (κ2) is 4.50. The number of hydrogen-bond donors (Lipinski definition) is 2. The van der Waals surface area contributed by atoms with E-state index in [1.807, 2.05) is 18.3 Å². The molecule has 3 N–H and O–H groups in total. The molecule has 0 spiro atoms. The highest BCUT2D eigenvalue weighted by Gasteiger charge is 2.17. The molecule has 14 heavy (non-hydrogen) atoms. The molecular formula is C10H16N4. The molecule has 0 bridgehead atoms. The Balaban J connectivity index is 2.03. The molecule has 0 aliphatic carbocycles. The molecule has 0 saturated carbocycles. The highest BCUT2D eigenvalue weighted by molar-refractivity contribution is 5.12. The fraction of sp³-hybridized carbons (Fsp3) is 0.500. The lowest BCUT2D eigenvalue weighted by Crippen LogP contribution is -2.47. The van der Waals surface area contributed by atoms with Crippen LogP contribution >= 0.6 is 0 Å². The highest BCUT2D eigenvalue weighted by atomic mass is 15.3. The normalized spacial score (nSPS) is 20.6. The standard InChI is InChI=1S/C10H16N4/c11-10(9-2-1-3-13-8-9)14-6-4-12-5-7-14/h1-3,8,10,12H,4-7,11H2. The minimum atomic E-state index is -0.00852. The summed E-state index contributed by atoms with van der Waals surface area (Å²) < 4.78 is 0. The van der Waals surface area contributed by atoms with Crippen LogP contribution in [0.15, 0.2) is 24.5 Å². The molecule has 1 aromatic rings. The molecule has 0 radical (unpaired) electrons. The van der Waals surface area contributed by atoms with Crippen molar-refractivity contribution in [3.8, 4) is 0 Å². The predicted molar refractivity (Wildman–Crippen MR) is 55.6 cm³/mol. The molecule has 4 heteroatoms. The smallest absolute Gasteiger partial charge is 0.0851 e. The van der Waals surface area contributed by atoms with Crippen molar-refractivity contribution < 1.29 is 0 Å². The first-order valence-electron chi connectivity index (χ1n) is 4.98. The Bertz CT molecular complexity index is 269. The lowest BCUT2D eigenvalue weighted by Gasteiger charge is -2.32. The summed E-state index contributed by atoms with van der Waals surface area (Å²) >= 11 is 0. The van der Waals surface area contributed by atoms with Gasteiger partial charge in [0.25, 0.3) is 0 Å². The number of pyridine rings is 1. The molecule has 0 amide bonds. The summed E-state index contributed by atoms with van der Waals surface area (Å²) in [7, 11) is 0. The van der Waals surface area contributed by atoms with Gasteiger partial charge in [0, 0.05) is 44.1 Å². The molecule has 76 valence electrons. The van der Waals surface area contributed by atoms with Gasteiger partial charge < -0.3 is 11.1 Å². The van der Waals surface area contributed by atoms with Crippen molar-refractivity contribution in [2.24, 2.45) is 5.73 Å². The fourth-order valence-corrected chi connectivity index (χ4v) is 1.72. The first-order chi connectivity index (χ1) is 6.88. The summed E-state index contributed by atoms with van der Waals surface area (Å²) in [5, 5.41) is 3.31. The van der Waals surface area contributed by atoms with E-state index in [1.54, 1.807) is 6.20 Å². The molecule has 4 nitrogen and oxygen atoms in total. The van der Waals surface area contributed by atoms with Gasteiger partial charge in [-0.3, -0.25) is 9.88 Å². The lowest BCUT2D eigenvalue weighted by atomic mass is 10.2. The van der Waals surface area contributed by atoms with Gasteiger partial charge >= 0.3 is 0 Å². The van der Waals surface area contributed by atoms with E-state index < -0.39 is 0 Å². The van der Waals surface area contributed by atoms with Gasteiger partial charge in [-0.15, -0.1) is 0 Å². The summed E-state index contributed by atoms with van der Waals surface area (Å²) in [5.74, 6) is 0. The van der Waals surface area contributed by atoms with Crippen LogP contribution in [0.25, 0.3) is 0 Å². The Morgan fingerprint density at radius 3 is 2.86 bits per heavy atom. The minimum absolute atomic E-state index is 0.00852. The van der Waals surface area contributed by atoms with Gasteiger partial charge in [-0.1, -0.05) is 6.07 Å². The predicted octanol–water partition coefficient (Wildman–Crippen LogP) is -0.0559. The first-order valence-corrected chi connectivity index (χ1v) is 4.98. The maximum Gasteiger partial charge on any atom is 0.0851 e. The average Bonchev–Trinajstić information content (AvgIpc) is 2.30. The Labute approximate surface area is 84.1 Å². The van der Waals surface area contributed by atoms with Crippen LogP contribution in [0.5, 0.6) is 0 Å². The average molecular weight is 192 g/mol. The molecule has 2 rings (SSSR count). The van der Waals surface area contributed by atoms with Gasteiger partial charge in [0.15, 0.2) is 0 Å². The number of nitrogens with one attached hydrogen (secondary N) is 1. The molecule has 1 unspecified atom stereocenters. The summed E-state index contributed by atoms with van der Waals surface area (Å²) in [6.45, 7) is 4.06. The van der Waals surface area contributed by atoms with Crippen molar-refractivity contribution >= 4 is 0 Å². The lowest BCUT2D eigenvalue weighted by molar-refractivity contribution is 0.177. The number of aromatic nitrogens is 1. The van der Waals surface area contributed by atoms with E-state index in [1.165, 1.54) is 0 Å². The van der Waals surface area contributed by atoms with Gasteiger partial charge in [-0.25, -0.2) is 0 Å². The summed E-state index contributed by atoms with van der Waals surface area (Å²) in [4.78, 5) is 6.35. The molecule has 1 aliphatic rings. The zero-order valence-electron chi connectivity index (χ0n) is 8.19. The van der Waals surface area contributed by atoms with Gasteiger partial charge in [0.05, 0.1) is 6.17 Å². The van der Waals surface area contributed by atoms with E-state index >= 15 is 0 Å². The van der Waals surface area contributed by atoms with Crippen LogP contribution in [-0.2, 0) is 0 Å². The minimum Gasteiger partial charge on any atom is -0.314 e. The quantitative estimate of drug-likeness (QED) is 0.689. The summed E-state index contributed by atoms with van der Waals surface area (Å²) in [6.07, 6.45) is 3.60. The number of hydrogen-bond acceptors (Lipinski definition) is 4. The van der Waals surface area contributed by atoms with E-state index in [-0.39, 0.29) is 6.17 Å². The molecule has 1 saturated heterocycles. The summed E-state index contributed by atoms with van der Waals surface area (Å²) in [6, 6.07) is 3.96. The largest absolute Gasteiger partial charge is 0.314 e. The van der Waals surface area contributed by atoms with Crippen LogP contribution in [0.4, 0.5) is 0 Å². The topological polar surface area (TPSA) is 54.2 Å². The number of nitrogens with zero attached hydrogens (tertiary/aromatic N) is 2. The zero-order chi connectivity index (χ0) is 9.80. The van der Waals surface area contributed by atoms with Gasteiger partial charge in [0.2, 0.25) is 0 Å². The third-order valence-corrected chi connectivity index (χ3v) is 2.57. The molecule has 1 aromatic heterocycles. The molecule has 2 heterocycles. The van der Waals surface area contributed by atoms with Crippen molar-refractivity contribution in [2.45, 2.75) is 6.17 Å². The molecule has 1 fully saturated rings. The first kappa shape index (κ1) is 9.58. The highest BCUT2D eigenvalue weighted by Crippen LogP contribution is 2.13. The van der Waals surface area contributed by atoms with E-state index in [0.717, 1.165) is 31.7 Å². The van der Waals surface area contributed by atoms with E-state index in [0.29, 0.717) is 0 Å². The van der Waals surface area contributed by atoms with Crippen molar-refractivity contribution in [3.63, 3.8) is 0 Å².